The highest BCUT2D eigenvalue weighted by Gasteiger charge is 2.41. The van der Waals surface area contributed by atoms with Gasteiger partial charge in [-0.1, -0.05) is 42.5 Å². The van der Waals surface area contributed by atoms with Crippen LogP contribution in [0.3, 0.4) is 0 Å². The maximum atomic E-state index is 14.1. The highest BCUT2D eigenvalue weighted by atomic mass is 19.2. The van der Waals surface area contributed by atoms with Gasteiger partial charge in [-0.05, 0) is 41.0 Å². The van der Waals surface area contributed by atoms with Crippen LogP contribution in [0.4, 0.5) is 8.78 Å². The van der Waals surface area contributed by atoms with Crippen LogP contribution in [0, 0.1) is 11.6 Å². The molecule has 1 N–H and O–H groups in total. The number of carbonyl (C=O) groups excluding carboxylic acids is 1. The second kappa shape index (κ2) is 7.43. The molecule has 0 bridgehead atoms. The van der Waals surface area contributed by atoms with Crippen molar-refractivity contribution in [2.75, 3.05) is 6.79 Å². The van der Waals surface area contributed by atoms with Gasteiger partial charge in [-0.3, -0.25) is 4.79 Å². The number of aliphatic hydroxyl groups excluding tert-OH is 1. The third-order valence-corrected chi connectivity index (χ3v) is 5.44. The van der Waals surface area contributed by atoms with E-state index >= 15 is 0 Å². The van der Waals surface area contributed by atoms with Crippen molar-refractivity contribution in [1.29, 1.82) is 0 Å². The van der Waals surface area contributed by atoms with Gasteiger partial charge in [0.15, 0.2) is 28.9 Å². The molecule has 156 valence electrons. The maximum absolute atomic E-state index is 14.1. The molecule has 2 aliphatic heterocycles. The summed E-state index contributed by atoms with van der Waals surface area (Å²) in [6.07, 6.45) is 0. The van der Waals surface area contributed by atoms with Gasteiger partial charge >= 0.3 is 0 Å². The summed E-state index contributed by atoms with van der Waals surface area (Å²) in [5.74, 6) is -1.84. The fourth-order valence-electron chi connectivity index (χ4n) is 3.99. The van der Waals surface area contributed by atoms with E-state index in [0.29, 0.717) is 28.2 Å². The molecule has 1 atom stereocenters. The minimum Gasteiger partial charge on any atom is -0.503 e. The average molecular weight is 421 g/mol. The molecule has 0 spiro atoms. The first-order valence-electron chi connectivity index (χ1n) is 9.66. The predicted octanol–water partition coefficient (Wildman–Crippen LogP) is 4.75. The Labute approximate surface area is 176 Å². The number of benzene rings is 3. The lowest BCUT2D eigenvalue weighted by Crippen LogP contribution is -2.30. The Hall–Kier alpha value is -3.87. The van der Waals surface area contributed by atoms with Gasteiger partial charge in [0, 0.05) is 12.1 Å². The van der Waals surface area contributed by atoms with Gasteiger partial charge in [0.1, 0.15) is 0 Å². The van der Waals surface area contributed by atoms with Crippen LogP contribution in [0.2, 0.25) is 0 Å². The number of aliphatic hydroxyl groups is 1. The maximum Gasteiger partial charge on any atom is 0.290 e. The molecule has 0 radical (unpaired) electrons. The van der Waals surface area contributed by atoms with Crippen LogP contribution in [0.25, 0.3) is 5.57 Å². The highest BCUT2D eigenvalue weighted by molar-refractivity contribution is 6.05. The molecule has 2 aliphatic rings. The SMILES string of the molecule is O=C1C(O)=C(c2ccccc2)[C@@H](c2ccc(F)c(F)c2)N1Cc1ccc2c(c1)OCO2. The highest BCUT2D eigenvalue weighted by Crippen LogP contribution is 2.44. The van der Waals surface area contributed by atoms with Crippen LogP contribution >= 0.6 is 0 Å². The van der Waals surface area contributed by atoms with Crippen molar-refractivity contribution in [2.45, 2.75) is 12.6 Å². The summed E-state index contributed by atoms with van der Waals surface area (Å²) < 4.78 is 38.4. The van der Waals surface area contributed by atoms with E-state index in [-0.39, 0.29) is 13.3 Å². The Morgan fingerprint density at radius 2 is 1.71 bits per heavy atom. The van der Waals surface area contributed by atoms with E-state index < -0.39 is 29.3 Å². The molecule has 5 nitrogen and oxygen atoms in total. The quantitative estimate of drug-likeness (QED) is 0.661. The van der Waals surface area contributed by atoms with Gasteiger partial charge < -0.3 is 19.5 Å². The van der Waals surface area contributed by atoms with Gasteiger partial charge in [0.05, 0.1) is 6.04 Å². The number of fused-ring (bicyclic) bond motifs is 1. The Balaban J connectivity index is 1.59. The van der Waals surface area contributed by atoms with Crippen LogP contribution in [0.15, 0.2) is 72.5 Å². The summed E-state index contributed by atoms with van der Waals surface area (Å²) in [6, 6.07) is 16.9. The van der Waals surface area contributed by atoms with Crippen molar-refractivity contribution in [1.82, 2.24) is 4.90 Å². The van der Waals surface area contributed by atoms with E-state index in [1.54, 1.807) is 42.5 Å². The fourth-order valence-corrected chi connectivity index (χ4v) is 3.99. The standard InChI is InChI=1S/C24H17F2NO4/c25-17-8-7-16(11-18(17)26)22-21(15-4-2-1-3-5-15)23(28)24(29)27(22)12-14-6-9-19-20(10-14)31-13-30-19/h1-11,22,28H,12-13H2/t22-/m1/s1. The third kappa shape index (κ3) is 3.28. The second-order valence-corrected chi connectivity index (χ2v) is 7.33. The van der Waals surface area contributed by atoms with Gasteiger partial charge in [-0.15, -0.1) is 0 Å². The third-order valence-electron chi connectivity index (χ3n) is 5.44. The zero-order valence-corrected chi connectivity index (χ0v) is 16.2. The average Bonchev–Trinajstić information content (AvgIpc) is 3.34. The Bertz CT molecular complexity index is 1210. The van der Waals surface area contributed by atoms with Crippen LogP contribution in [0.5, 0.6) is 11.5 Å². The zero-order valence-electron chi connectivity index (χ0n) is 16.2. The predicted molar refractivity (Wildman–Crippen MR) is 108 cm³/mol. The molecule has 0 saturated heterocycles. The lowest BCUT2D eigenvalue weighted by Gasteiger charge is -2.27. The van der Waals surface area contributed by atoms with Crippen molar-refractivity contribution in [3.05, 3.63) is 101 Å². The van der Waals surface area contributed by atoms with Gasteiger partial charge in [0.2, 0.25) is 6.79 Å². The first-order chi connectivity index (χ1) is 15.0. The molecule has 1 amide bonds. The first kappa shape index (κ1) is 19.1. The first-order valence-corrected chi connectivity index (χ1v) is 9.66. The normalized spacial score (nSPS) is 17.5. The van der Waals surface area contributed by atoms with E-state index in [9.17, 15) is 18.7 Å². The summed E-state index contributed by atoms with van der Waals surface area (Å²) in [5.41, 5.74) is 2.07. The Morgan fingerprint density at radius 3 is 2.48 bits per heavy atom. The number of carbonyl (C=O) groups is 1. The topological polar surface area (TPSA) is 59.0 Å². The molecule has 2 heterocycles. The molecular formula is C24H17F2NO4. The van der Waals surface area contributed by atoms with Gasteiger partial charge in [0.25, 0.3) is 5.91 Å². The largest absolute Gasteiger partial charge is 0.503 e. The molecule has 0 unspecified atom stereocenters. The molecule has 3 aromatic carbocycles. The van der Waals surface area contributed by atoms with Crippen molar-refractivity contribution < 1.29 is 28.2 Å². The van der Waals surface area contributed by atoms with Crippen LogP contribution in [0.1, 0.15) is 22.7 Å². The van der Waals surface area contributed by atoms with E-state index in [1.165, 1.54) is 11.0 Å². The summed E-state index contributed by atoms with van der Waals surface area (Å²) >= 11 is 0. The lowest BCUT2D eigenvalue weighted by atomic mass is 9.93. The number of nitrogens with zero attached hydrogens (tertiary/aromatic N) is 1. The van der Waals surface area contributed by atoms with Crippen LogP contribution in [-0.4, -0.2) is 22.7 Å². The second-order valence-electron chi connectivity index (χ2n) is 7.33. The molecule has 0 fully saturated rings. The lowest BCUT2D eigenvalue weighted by molar-refractivity contribution is -0.130. The molecule has 31 heavy (non-hydrogen) atoms. The van der Waals surface area contributed by atoms with Crippen LogP contribution in [-0.2, 0) is 11.3 Å². The molecule has 3 aromatic rings. The Morgan fingerprint density at radius 1 is 0.935 bits per heavy atom. The van der Waals surface area contributed by atoms with Gasteiger partial charge in [-0.25, -0.2) is 8.78 Å². The number of hydrogen-bond acceptors (Lipinski definition) is 4. The molecular weight excluding hydrogens is 404 g/mol. The van der Waals surface area contributed by atoms with E-state index in [1.807, 2.05) is 6.07 Å². The van der Waals surface area contributed by atoms with E-state index in [0.717, 1.165) is 17.7 Å². The summed E-state index contributed by atoms with van der Waals surface area (Å²) in [5, 5.41) is 10.7. The van der Waals surface area contributed by atoms with Gasteiger partial charge in [-0.2, -0.15) is 0 Å². The summed E-state index contributed by atoms with van der Waals surface area (Å²) in [7, 11) is 0. The number of amides is 1. The van der Waals surface area contributed by atoms with Crippen molar-refractivity contribution in [3.8, 4) is 11.5 Å². The van der Waals surface area contributed by atoms with E-state index in [2.05, 4.69) is 0 Å². The smallest absolute Gasteiger partial charge is 0.290 e. The minimum atomic E-state index is -1.02. The molecule has 0 aromatic heterocycles. The number of ether oxygens (including phenoxy) is 2. The summed E-state index contributed by atoms with van der Waals surface area (Å²) in [4.78, 5) is 14.5. The molecule has 7 heteroatoms. The molecule has 0 aliphatic carbocycles. The minimum absolute atomic E-state index is 0.124. The number of halogens is 2. The Kier molecular flexibility index (Phi) is 4.58. The number of rotatable bonds is 4. The van der Waals surface area contributed by atoms with Crippen LogP contribution < -0.4 is 9.47 Å². The van der Waals surface area contributed by atoms with Crippen molar-refractivity contribution >= 4 is 11.5 Å². The van der Waals surface area contributed by atoms with Crippen molar-refractivity contribution in [3.63, 3.8) is 0 Å². The number of hydrogen-bond donors (Lipinski definition) is 1. The fraction of sp³-hybridized carbons (Fsp3) is 0.125. The summed E-state index contributed by atoms with van der Waals surface area (Å²) in [6.45, 7) is 0.249. The van der Waals surface area contributed by atoms with Crippen molar-refractivity contribution in [2.24, 2.45) is 0 Å². The van der Waals surface area contributed by atoms with E-state index in [4.69, 9.17) is 9.47 Å². The molecule has 5 rings (SSSR count). The molecule has 0 saturated carbocycles. The monoisotopic (exact) mass is 421 g/mol. The zero-order chi connectivity index (χ0) is 21.5.